The molecule has 0 unspecified atom stereocenters. The first kappa shape index (κ1) is 13.2. The zero-order valence-electron chi connectivity index (χ0n) is 11.6. The second kappa shape index (κ2) is 5.32. The zero-order valence-corrected chi connectivity index (χ0v) is 11.6. The van der Waals surface area contributed by atoms with Crippen molar-refractivity contribution < 1.29 is 13.9 Å². The van der Waals surface area contributed by atoms with E-state index in [-0.39, 0.29) is 5.76 Å². The lowest BCUT2D eigenvalue weighted by molar-refractivity contribution is 0.0975. The number of fused-ring (bicyclic) bond motifs is 1. The van der Waals surface area contributed by atoms with Crippen LogP contribution in [-0.4, -0.2) is 5.91 Å². The molecule has 2 aromatic carbocycles. The minimum atomic E-state index is -0.572. The summed E-state index contributed by atoms with van der Waals surface area (Å²) < 4.78 is 11.4. The van der Waals surface area contributed by atoms with Crippen LogP contribution < -0.4 is 10.5 Å². The number of nitrogens with two attached hydrogens (primary N) is 1. The van der Waals surface area contributed by atoms with Crippen LogP contribution in [0.3, 0.4) is 0 Å². The van der Waals surface area contributed by atoms with Crippen molar-refractivity contribution >= 4 is 16.9 Å². The molecule has 0 atom stereocenters. The molecule has 0 fully saturated rings. The van der Waals surface area contributed by atoms with Gasteiger partial charge in [0.2, 0.25) is 0 Å². The van der Waals surface area contributed by atoms with E-state index in [4.69, 9.17) is 14.9 Å². The van der Waals surface area contributed by atoms with Gasteiger partial charge < -0.3 is 14.9 Å². The van der Waals surface area contributed by atoms with Crippen LogP contribution in [0.2, 0.25) is 0 Å². The van der Waals surface area contributed by atoms with Gasteiger partial charge in [-0.25, -0.2) is 0 Å². The minimum absolute atomic E-state index is 0.181. The van der Waals surface area contributed by atoms with E-state index in [9.17, 15) is 4.79 Å². The summed E-state index contributed by atoms with van der Waals surface area (Å²) in [6, 6.07) is 15.4. The highest BCUT2D eigenvalue weighted by atomic mass is 16.5. The van der Waals surface area contributed by atoms with Crippen molar-refractivity contribution in [3.63, 3.8) is 0 Å². The van der Waals surface area contributed by atoms with E-state index in [1.54, 1.807) is 13.0 Å². The van der Waals surface area contributed by atoms with Gasteiger partial charge in [-0.1, -0.05) is 36.4 Å². The van der Waals surface area contributed by atoms with Crippen molar-refractivity contribution in [2.24, 2.45) is 5.73 Å². The summed E-state index contributed by atoms with van der Waals surface area (Å²) >= 11 is 0. The molecule has 2 N–H and O–H groups in total. The summed E-state index contributed by atoms with van der Waals surface area (Å²) in [5.74, 6) is 0.295. The van der Waals surface area contributed by atoms with Crippen molar-refractivity contribution in [3.05, 3.63) is 65.4 Å². The SMILES string of the molecule is Cc1c(C(N)=O)oc2cccc(OCc3ccccc3)c12. The van der Waals surface area contributed by atoms with E-state index < -0.39 is 5.91 Å². The Hall–Kier alpha value is -2.75. The number of primary amides is 1. The Balaban J connectivity index is 1.97. The number of furan rings is 1. The number of amides is 1. The number of ether oxygens (including phenoxy) is 1. The fraction of sp³-hybridized carbons (Fsp3) is 0.118. The minimum Gasteiger partial charge on any atom is -0.488 e. The second-order valence-electron chi connectivity index (χ2n) is 4.82. The molecule has 3 aromatic rings. The number of hydrogen-bond donors (Lipinski definition) is 1. The van der Waals surface area contributed by atoms with E-state index in [2.05, 4.69) is 0 Å². The highest BCUT2D eigenvalue weighted by molar-refractivity contribution is 5.99. The van der Waals surface area contributed by atoms with Gasteiger partial charge in [-0.15, -0.1) is 0 Å². The second-order valence-corrected chi connectivity index (χ2v) is 4.82. The molecule has 106 valence electrons. The average Bonchev–Trinajstić information content (AvgIpc) is 2.84. The molecule has 0 aliphatic carbocycles. The van der Waals surface area contributed by atoms with Crippen LogP contribution in [0.15, 0.2) is 52.9 Å². The third kappa shape index (κ3) is 2.48. The van der Waals surface area contributed by atoms with Crippen molar-refractivity contribution in [2.45, 2.75) is 13.5 Å². The average molecular weight is 281 g/mol. The summed E-state index contributed by atoms with van der Waals surface area (Å²) in [6.07, 6.45) is 0. The topological polar surface area (TPSA) is 65.5 Å². The number of hydrogen-bond acceptors (Lipinski definition) is 3. The smallest absolute Gasteiger partial charge is 0.284 e. The predicted octanol–water partition coefficient (Wildman–Crippen LogP) is 3.42. The highest BCUT2D eigenvalue weighted by Crippen LogP contribution is 2.33. The lowest BCUT2D eigenvalue weighted by Crippen LogP contribution is -2.10. The maximum Gasteiger partial charge on any atom is 0.284 e. The number of benzene rings is 2. The number of rotatable bonds is 4. The molecule has 1 amide bonds. The molecular formula is C17H15NO3. The maximum atomic E-state index is 11.4. The molecule has 0 saturated heterocycles. The Morgan fingerprint density at radius 1 is 1.14 bits per heavy atom. The monoisotopic (exact) mass is 281 g/mol. The van der Waals surface area contributed by atoms with Gasteiger partial charge in [0.15, 0.2) is 5.76 Å². The third-order valence-corrected chi connectivity index (χ3v) is 3.38. The van der Waals surface area contributed by atoms with Gasteiger partial charge in [0.25, 0.3) is 5.91 Å². The summed E-state index contributed by atoms with van der Waals surface area (Å²) in [7, 11) is 0. The first-order valence-corrected chi connectivity index (χ1v) is 6.65. The Bertz CT molecular complexity index is 790. The first-order chi connectivity index (χ1) is 10.2. The molecule has 4 nitrogen and oxygen atoms in total. The van der Waals surface area contributed by atoms with Crippen LogP contribution in [0.5, 0.6) is 5.75 Å². The third-order valence-electron chi connectivity index (χ3n) is 3.38. The number of aryl methyl sites for hydroxylation is 1. The van der Waals surface area contributed by atoms with Gasteiger partial charge in [0.1, 0.15) is 17.9 Å². The van der Waals surface area contributed by atoms with Gasteiger partial charge >= 0.3 is 0 Å². The highest BCUT2D eigenvalue weighted by Gasteiger charge is 2.18. The Labute approximate surface area is 122 Å². The van der Waals surface area contributed by atoms with Crippen LogP contribution in [-0.2, 0) is 6.61 Å². The van der Waals surface area contributed by atoms with Gasteiger partial charge in [-0.05, 0) is 24.6 Å². The van der Waals surface area contributed by atoms with Crippen molar-refractivity contribution in [1.82, 2.24) is 0 Å². The molecule has 3 rings (SSSR count). The zero-order chi connectivity index (χ0) is 14.8. The van der Waals surface area contributed by atoms with E-state index >= 15 is 0 Å². The lowest BCUT2D eigenvalue weighted by atomic mass is 10.1. The Kier molecular flexibility index (Phi) is 3.36. The van der Waals surface area contributed by atoms with E-state index in [1.807, 2.05) is 42.5 Å². The van der Waals surface area contributed by atoms with E-state index in [0.29, 0.717) is 23.5 Å². The molecule has 0 radical (unpaired) electrons. The summed E-state index contributed by atoms with van der Waals surface area (Å²) in [6.45, 7) is 2.26. The standard InChI is InChI=1S/C17H15NO3/c1-11-15-13(20-10-12-6-3-2-4-7-12)8-5-9-14(15)21-16(11)17(18)19/h2-9H,10H2,1H3,(H2,18,19). The quantitative estimate of drug-likeness (QED) is 0.796. The van der Waals surface area contributed by atoms with E-state index in [0.717, 1.165) is 10.9 Å². The van der Waals surface area contributed by atoms with Crippen molar-refractivity contribution in [2.75, 3.05) is 0 Å². The first-order valence-electron chi connectivity index (χ1n) is 6.65. The molecular weight excluding hydrogens is 266 g/mol. The maximum absolute atomic E-state index is 11.4. The van der Waals surface area contributed by atoms with Crippen LogP contribution in [0.25, 0.3) is 11.0 Å². The van der Waals surface area contributed by atoms with E-state index in [1.165, 1.54) is 0 Å². The van der Waals surface area contributed by atoms with Crippen LogP contribution in [0.1, 0.15) is 21.7 Å². The summed E-state index contributed by atoms with van der Waals surface area (Å²) in [5, 5.41) is 0.794. The normalized spacial score (nSPS) is 10.7. The molecule has 0 aliphatic heterocycles. The van der Waals surface area contributed by atoms with Crippen molar-refractivity contribution in [1.29, 1.82) is 0 Å². The fourth-order valence-electron chi connectivity index (χ4n) is 2.36. The van der Waals surface area contributed by atoms with Crippen molar-refractivity contribution in [3.8, 4) is 5.75 Å². The number of carbonyl (C=O) groups is 1. The molecule has 0 spiro atoms. The molecule has 1 aromatic heterocycles. The van der Waals surface area contributed by atoms with Crippen LogP contribution in [0.4, 0.5) is 0 Å². The lowest BCUT2D eigenvalue weighted by Gasteiger charge is -2.07. The van der Waals surface area contributed by atoms with Gasteiger partial charge in [0.05, 0.1) is 5.39 Å². The summed E-state index contributed by atoms with van der Waals surface area (Å²) in [4.78, 5) is 11.4. The summed E-state index contributed by atoms with van der Waals surface area (Å²) in [5.41, 5.74) is 7.71. The van der Waals surface area contributed by atoms with Crippen LogP contribution in [0, 0.1) is 6.92 Å². The molecule has 0 saturated carbocycles. The fourth-order valence-corrected chi connectivity index (χ4v) is 2.36. The van der Waals surface area contributed by atoms with Gasteiger partial charge in [-0.3, -0.25) is 4.79 Å². The Morgan fingerprint density at radius 2 is 1.90 bits per heavy atom. The predicted molar refractivity (Wildman–Crippen MR) is 80.2 cm³/mol. The Morgan fingerprint density at radius 3 is 2.62 bits per heavy atom. The molecule has 1 heterocycles. The van der Waals surface area contributed by atoms with Gasteiger partial charge in [-0.2, -0.15) is 0 Å². The largest absolute Gasteiger partial charge is 0.488 e. The molecule has 0 bridgehead atoms. The molecule has 0 aliphatic rings. The number of carbonyl (C=O) groups excluding carboxylic acids is 1. The van der Waals surface area contributed by atoms with Crippen LogP contribution >= 0.6 is 0 Å². The van der Waals surface area contributed by atoms with Gasteiger partial charge in [0, 0.05) is 5.56 Å². The molecule has 4 heteroatoms. The molecule has 21 heavy (non-hydrogen) atoms.